The average Bonchev–Trinajstić information content (AvgIpc) is 2.45. The number of nitrogens with zero attached hydrogens (tertiary/aromatic N) is 2. The zero-order valence-electron chi connectivity index (χ0n) is 13.8. The van der Waals surface area contributed by atoms with Crippen LogP contribution in [0.25, 0.3) is 0 Å². The Hall–Kier alpha value is -1.10. The fraction of sp³-hybridized carbons (Fsp3) is 0.875. The molecule has 2 aliphatic rings. The lowest BCUT2D eigenvalue weighted by molar-refractivity contribution is -0.155. The molecule has 5 heteroatoms. The molecule has 2 saturated heterocycles. The molecule has 3 atom stereocenters. The van der Waals surface area contributed by atoms with E-state index in [1.165, 1.54) is 6.42 Å². The largest absolute Gasteiger partial charge is 0.340 e. The van der Waals surface area contributed by atoms with Crippen LogP contribution in [0.2, 0.25) is 0 Å². The van der Waals surface area contributed by atoms with Crippen molar-refractivity contribution in [3.05, 3.63) is 0 Å². The van der Waals surface area contributed by atoms with Crippen molar-refractivity contribution >= 4 is 11.8 Å². The SMILES string of the molecule is CCC1C(=O)NC(C)(CC)C(=O)N1CC1CCCN(C)C1. The molecule has 0 bridgehead atoms. The Balaban J connectivity index is 2.15. The number of amides is 2. The first-order valence-corrected chi connectivity index (χ1v) is 8.23. The van der Waals surface area contributed by atoms with Gasteiger partial charge in [-0.1, -0.05) is 13.8 Å². The number of rotatable bonds is 4. The Morgan fingerprint density at radius 3 is 2.62 bits per heavy atom. The fourth-order valence-electron chi connectivity index (χ4n) is 3.56. The number of nitrogens with one attached hydrogen (secondary N) is 1. The van der Waals surface area contributed by atoms with Gasteiger partial charge in [0.05, 0.1) is 0 Å². The van der Waals surface area contributed by atoms with Crippen molar-refractivity contribution in [2.24, 2.45) is 5.92 Å². The van der Waals surface area contributed by atoms with Crippen LogP contribution in [0.15, 0.2) is 0 Å². The molecule has 0 aromatic rings. The molecule has 0 aromatic carbocycles. The Bertz CT molecular complexity index is 412. The molecule has 3 unspecified atom stereocenters. The van der Waals surface area contributed by atoms with Gasteiger partial charge in [-0.15, -0.1) is 0 Å². The number of piperidine rings is 1. The summed E-state index contributed by atoms with van der Waals surface area (Å²) in [5.41, 5.74) is -0.733. The summed E-state index contributed by atoms with van der Waals surface area (Å²) in [6.07, 6.45) is 3.64. The van der Waals surface area contributed by atoms with Gasteiger partial charge >= 0.3 is 0 Å². The number of hydrogen-bond donors (Lipinski definition) is 1. The number of likely N-dealkylation sites (tertiary alicyclic amines) is 1. The number of carbonyl (C=O) groups is 2. The highest BCUT2D eigenvalue weighted by molar-refractivity contribution is 5.99. The van der Waals surface area contributed by atoms with E-state index in [9.17, 15) is 9.59 Å². The fourth-order valence-corrected chi connectivity index (χ4v) is 3.56. The first kappa shape index (κ1) is 16.3. The Labute approximate surface area is 128 Å². The Morgan fingerprint density at radius 2 is 2.05 bits per heavy atom. The smallest absolute Gasteiger partial charge is 0.248 e. The minimum atomic E-state index is -0.733. The van der Waals surface area contributed by atoms with Gasteiger partial charge in [0, 0.05) is 13.1 Å². The highest BCUT2D eigenvalue weighted by atomic mass is 16.2. The minimum absolute atomic E-state index is 0.00520. The van der Waals surface area contributed by atoms with Gasteiger partial charge in [0.2, 0.25) is 11.8 Å². The molecule has 2 amide bonds. The summed E-state index contributed by atoms with van der Waals surface area (Å²) in [6.45, 7) is 8.65. The molecule has 0 spiro atoms. The van der Waals surface area contributed by atoms with Crippen LogP contribution < -0.4 is 5.32 Å². The van der Waals surface area contributed by atoms with Gasteiger partial charge in [0.1, 0.15) is 11.6 Å². The maximum Gasteiger partial charge on any atom is 0.248 e. The maximum atomic E-state index is 12.8. The quantitative estimate of drug-likeness (QED) is 0.849. The predicted molar refractivity (Wildman–Crippen MR) is 82.9 cm³/mol. The zero-order valence-corrected chi connectivity index (χ0v) is 13.8. The topological polar surface area (TPSA) is 52.7 Å². The molecule has 120 valence electrons. The summed E-state index contributed by atoms with van der Waals surface area (Å²) in [5.74, 6) is 0.573. The third-order valence-corrected chi connectivity index (χ3v) is 5.08. The number of piperazine rings is 1. The predicted octanol–water partition coefficient (Wildman–Crippen LogP) is 1.23. The van der Waals surface area contributed by atoms with Gasteiger partial charge in [-0.3, -0.25) is 9.59 Å². The summed E-state index contributed by atoms with van der Waals surface area (Å²) >= 11 is 0. The summed E-state index contributed by atoms with van der Waals surface area (Å²) in [5, 5.41) is 2.93. The monoisotopic (exact) mass is 295 g/mol. The van der Waals surface area contributed by atoms with Crippen LogP contribution in [0.3, 0.4) is 0 Å². The Kier molecular flexibility index (Phi) is 4.91. The lowest BCUT2D eigenvalue weighted by atomic mass is 9.89. The summed E-state index contributed by atoms with van der Waals surface area (Å²) in [4.78, 5) is 29.4. The van der Waals surface area contributed by atoms with Crippen molar-refractivity contribution in [2.45, 2.75) is 58.0 Å². The normalized spacial score (nSPS) is 35.0. The van der Waals surface area contributed by atoms with Crippen molar-refractivity contribution in [3.63, 3.8) is 0 Å². The standard InChI is InChI=1S/C16H29N3O2/c1-5-13-14(20)17-16(3,6-2)15(21)19(13)11-12-8-7-9-18(4)10-12/h12-13H,5-11H2,1-4H3,(H,17,20). The van der Waals surface area contributed by atoms with Crippen molar-refractivity contribution in [3.8, 4) is 0 Å². The first-order chi connectivity index (χ1) is 9.91. The van der Waals surface area contributed by atoms with E-state index < -0.39 is 5.54 Å². The van der Waals surface area contributed by atoms with E-state index in [0.717, 1.165) is 19.5 Å². The second-order valence-electron chi connectivity index (χ2n) is 6.83. The molecule has 1 N–H and O–H groups in total. The van der Waals surface area contributed by atoms with Crippen LogP contribution in [0, 0.1) is 5.92 Å². The summed E-state index contributed by atoms with van der Waals surface area (Å²) < 4.78 is 0. The molecule has 5 nitrogen and oxygen atoms in total. The molecule has 2 rings (SSSR count). The van der Waals surface area contributed by atoms with Gasteiger partial charge in [0.25, 0.3) is 0 Å². The van der Waals surface area contributed by atoms with Crippen molar-refractivity contribution in [1.29, 1.82) is 0 Å². The van der Waals surface area contributed by atoms with E-state index in [2.05, 4.69) is 17.3 Å². The van der Waals surface area contributed by atoms with Gasteiger partial charge in [-0.25, -0.2) is 0 Å². The molecule has 0 aromatic heterocycles. The van der Waals surface area contributed by atoms with E-state index in [0.29, 0.717) is 25.3 Å². The average molecular weight is 295 g/mol. The maximum absolute atomic E-state index is 12.8. The van der Waals surface area contributed by atoms with Crippen LogP contribution in [-0.2, 0) is 9.59 Å². The van der Waals surface area contributed by atoms with Gasteiger partial charge in [-0.05, 0) is 52.1 Å². The lowest BCUT2D eigenvalue weighted by Crippen LogP contribution is -2.69. The van der Waals surface area contributed by atoms with E-state index in [1.807, 2.05) is 25.7 Å². The second-order valence-corrected chi connectivity index (χ2v) is 6.83. The Morgan fingerprint density at radius 1 is 1.33 bits per heavy atom. The van der Waals surface area contributed by atoms with Crippen LogP contribution in [0.1, 0.15) is 46.5 Å². The molecule has 2 heterocycles. The zero-order chi connectivity index (χ0) is 15.6. The number of carbonyl (C=O) groups excluding carboxylic acids is 2. The minimum Gasteiger partial charge on any atom is -0.340 e. The third kappa shape index (κ3) is 3.23. The van der Waals surface area contributed by atoms with Gasteiger partial charge in [0.15, 0.2) is 0 Å². The molecular weight excluding hydrogens is 266 g/mol. The van der Waals surface area contributed by atoms with Crippen LogP contribution in [0.4, 0.5) is 0 Å². The first-order valence-electron chi connectivity index (χ1n) is 8.23. The second kappa shape index (κ2) is 6.34. The summed E-state index contributed by atoms with van der Waals surface area (Å²) in [7, 11) is 2.13. The molecule has 21 heavy (non-hydrogen) atoms. The van der Waals surface area contributed by atoms with Crippen molar-refractivity contribution in [1.82, 2.24) is 15.1 Å². The molecule has 0 radical (unpaired) electrons. The number of hydrogen-bond acceptors (Lipinski definition) is 3. The summed E-state index contributed by atoms with van der Waals surface area (Å²) in [6, 6.07) is -0.302. The highest BCUT2D eigenvalue weighted by Gasteiger charge is 2.46. The van der Waals surface area contributed by atoms with E-state index in [-0.39, 0.29) is 17.9 Å². The highest BCUT2D eigenvalue weighted by Crippen LogP contribution is 2.26. The third-order valence-electron chi connectivity index (χ3n) is 5.08. The molecule has 0 saturated carbocycles. The van der Waals surface area contributed by atoms with Gasteiger partial charge < -0.3 is 15.1 Å². The lowest BCUT2D eigenvalue weighted by Gasteiger charge is -2.46. The molecule has 0 aliphatic carbocycles. The van der Waals surface area contributed by atoms with Crippen LogP contribution in [0.5, 0.6) is 0 Å². The van der Waals surface area contributed by atoms with Crippen LogP contribution in [-0.4, -0.2) is 59.9 Å². The molecular formula is C16H29N3O2. The van der Waals surface area contributed by atoms with Crippen molar-refractivity contribution < 1.29 is 9.59 Å². The molecule has 2 fully saturated rings. The van der Waals surface area contributed by atoms with E-state index in [1.54, 1.807) is 0 Å². The van der Waals surface area contributed by atoms with Crippen LogP contribution >= 0.6 is 0 Å². The van der Waals surface area contributed by atoms with Crippen molar-refractivity contribution in [2.75, 3.05) is 26.7 Å². The molecule has 2 aliphatic heterocycles. The van der Waals surface area contributed by atoms with E-state index >= 15 is 0 Å². The van der Waals surface area contributed by atoms with E-state index in [4.69, 9.17) is 0 Å². The van der Waals surface area contributed by atoms with Gasteiger partial charge in [-0.2, -0.15) is 0 Å².